The smallest absolute Gasteiger partial charge is 0.348 e. The fourth-order valence-electron chi connectivity index (χ4n) is 2.04. The molecule has 2 aromatic rings. The van der Waals surface area contributed by atoms with E-state index in [-0.39, 0.29) is 18.4 Å². The number of amides is 2. The number of hydrogen-bond donors (Lipinski definition) is 2. The molecule has 0 bridgehead atoms. The minimum absolute atomic E-state index is 0.0985. The molecule has 0 aliphatic carbocycles. The van der Waals surface area contributed by atoms with E-state index >= 15 is 0 Å². The highest BCUT2D eigenvalue weighted by Gasteiger charge is 2.29. The highest BCUT2D eigenvalue weighted by Crippen LogP contribution is 2.29. The lowest BCUT2D eigenvalue weighted by atomic mass is 10.1. The van der Waals surface area contributed by atoms with Crippen molar-refractivity contribution in [3.63, 3.8) is 0 Å². The third kappa shape index (κ3) is 4.84. The third-order valence-corrected chi connectivity index (χ3v) is 3.18. The van der Waals surface area contributed by atoms with E-state index in [1.54, 1.807) is 18.2 Å². The van der Waals surface area contributed by atoms with Crippen LogP contribution in [-0.2, 0) is 17.5 Å². The van der Waals surface area contributed by atoms with Crippen LogP contribution in [0, 0.1) is 0 Å². The van der Waals surface area contributed by atoms with Crippen molar-refractivity contribution in [3.05, 3.63) is 65.2 Å². The van der Waals surface area contributed by atoms with Crippen LogP contribution in [-0.4, -0.2) is 11.8 Å². The number of alkyl halides is 3. The summed E-state index contributed by atoms with van der Waals surface area (Å²) in [6, 6.07) is 10.9. The van der Waals surface area contributed by atoms with Crippen LogP contribution in [0.5, 0.6) is 0 Å². The first-order chi connectivity index (χ1) is 11.3. The van der Waals surface area contributed by atoms with Gasteiger partial charge in [-0.25, -0.2) is 0 Å². The van der Waals surface area contributed by atoms with Gasteiger partial charge >= 0.3 is 6.18 Å². The molecule has 0 aliphatic heterocycles. The largest absolute Gasteiger partial charge is 0.416 e. The molecule has 0 saturated carbocycles. The molecule has 2 N–H and O–H groups in total. The number of rotatable bonds is 4. The Hall–Kier alpha value is -2.83. The maximum atomic E-state index is 12.5. The highest BCUT2D eigenvalue weighted by molar-refractivity contribution is 5.96. The van der Waals surface area contributed by atoms with Crippen LogP contribution in [0.2, 0.25) is 0 Å². The van der Waals surface area contributed by atoms with Crippen LogP contribution in [0.15, 0.2) is 48.5 Å². The van der Waals surface area contributed by atoms with Gasteiger partial charge in [0.1, 0.15) is 0 Å². The van der Waals surface area contributed by atoms with Gasteiger partial charge in [0.15, 0.2) is 0 Å². The number of anilines is 1. The third-order valence-electron chi connectivity index (χ3n) is 3.18. The Balaban J connectivity index is 1.99. The van der Waals surface area contributed by atoms with Crippen molar-refractivity contribution < 1.29 is 22.8 Å². The van der Waals surface area contributed by atoms with Crippen LogP contribution in [0.1, 0.15) is 28.4 Å². The van der Waals surface area contributed by atoms with Gasteiger partial charge in [-0.1, -0.05) is 18.2 Å². The number of carbonyl (C=O) groups excluding carboxylic acids is 2. The first-order valence-electron chi connectivity index (χ1n) is 7.08. The van der Waals surface area contributed by atoms with E-state index in [1.165, 1.54) is 25.1 Å². The standard InChI is InChI=1S/C17H15F3N2O2/c1-11(23)22-15-4-2-3-13(9-15)16(24)21-10-12-5-7-14(8-6-12)17(18,19)20/h2-9H,10H2,1H3,(H,21,24)(H,22,23). The summed E-state index contributed by atoms with van der Waals surface area (Å²) < 4.78 is 37.5. The summed E-state index contributed by atoms with van der Waals surface area (Å²) in [6.07, 6.45) is -4.38. The molecule has 2 aromatic carbocycles. The number of nitrogens with one attached hydrogen (secondary N) is 2. The normalized spacial score (nSPS) is 11.0. The second-order valence-corrected chi connectivity index (χ2v) is 5.14. The minimum Gasteiger partial charge on any atom is -0.348 e. The lowest BCUT2D eigenvalue weighted by Gasteiger charge is -2.09. The summed E-state index contributed by atoms with van der Waals surface area (Å²) in [4.78, 5) is 23.1. The predicted molar refractivity (Wildman–Crippen MR) is 83.4 cm³/mol. The Morgan fingerprint density at radius 1 is 1.04 bits per heavy atom. The Kier molecular flexibility index (Phi) is 5.23. The van der Waals surface area contributed by atoms with Crippen LogP contribution < -0.4 is 10.6 Å². The second kappa shape index (κ2) is 7.16. The molecule has 2 rings (SSSR count). The average molecular weight is 336 g/mol. The van der Waals surface area contributed by atoms with Gasteiger partial charge in [-0.2, -0.15) is 13.2 Å². The van der Waals surface area contributed by atoms with E-state index in [0.29, 0.717) is 16.8 Å². The van der Waals surface area contributed by atoms with Gasteiger partial charge < -0.3 is 10.6 Å². The van der Waals surface area contributed by atoms with E-state index in [1.807, 2.05) is 0 Å². The van der Waals surface area contributed by atoms with Gasteiger partial charge in [0.2, 0.25) is 5.91 Å². The molecular formula is C17H15F3N2O2. The molecule has 0 spiro atoms. The van der Waals surface area contributed by atoms with E-state index in [2.05, 4.69) is 10.6 Å². The van der Waals surface area contributed by atoms with Crippen LogP contribution in [0.3, 0.4) is 0 Å². The van der Waals surface area contributed by atoms with Gasteiger partial charge in [0.05, 0.1) is 5.56 Å². The molecule has 0 atom stereocenters. The van der Waals surface area contributed by atoms with Gasteiger partial charge in [-0.3, -0.25) is 9.59 Å². The Labute approximate surface area is 136 Å². The van der Waals surface area contributed by atoms with Crippen molar-refractivity contribution in [3.8, 4) is 0 Å². The first kappa shape index (κ1) is 17.5. The van der Waals surface area contributed by atoms with Crippen molar-refractivity contribution in [2.45, 2.75) is 19.6 Å². The topological polar surface area (TPSA) is 58.2 Å². The molecule has 0 aliphatic rings. The lowest BCUT2D eigenvalue weighted by Crippen LogP contribution is -2.23. The monoisotopic (exact) mass is 336 g/mol. The van der Waals surface area contributed by atoms with Gasteiger partial charge in [0, 0.05) is 24.7 Å². The summed E-state index contributed by atoms with van der Waals surface area (Å²) in [5.41, 5.74) is 0.646. The van der Waals surface area contributed by atoms with Crippen LogP contribution in [0.4, 0.5) is 18.9 Å². The van der Waals surface area contributed by atoms with Crippen molar-refractivity contribution in [1.82, 2.24) is 5.32 Å². The molecule has 0 unspecified atom stereocenters. The Bertz CT molecular complexity index is 740. The van der Waals surface area contributed by atoms with Crippen molar-refractivity contribution in [2.24, 2.45) is 0 Å². The second-order valence-electron chi connectivity index (χ2n) is 5.14. The zero-order chi connectivity index (χ0) is 17.7. The van der Waals surface area contributed by atoms with Crippen molar-refractivity contribution in [1.29, 1.82) is 0 Å². The molecule has 0 heterocycles. The van der Waals surface area contributed by atoms with Crippen molar-refractivity contribution in [2.75, 3.05) is 5.32 Å². The number of halogens is 3. The molecule has 7 heteroatoms. The van der Waals surface area contributed by atoms with Crippen molar-refractivity contribution >= 4 is 17.5 Å². The molecule has 0 aromatic heterocycles. The number of benzene rings is 2. The SMILES string of the molecule is CC(=O)Nc1cccc(C(=O)NCc2ccc(C(F)(F)F)cc2)c1. The summed E-state index contributed by atoms with van der Waals surface area (Å²) >= 11 is 0. The summed E-state index contributed by atoms with van der Waals surface area (Å²) in [7, 11) is 0. The predicted octanol–water partition coefficient (Wildman–Crippen LogP) is 3.59. The van der Waals surface area contributed by atoms with Crippen LogP contribution >= 0.6 is 0 Å². The maximum absolute atomic E-state index is 12.5. The first-order valence-corrected chi connectivity index (χ1v) is 7.08. The van der Waals surface area contributed by atoms with Crippen LogP contribution in [0.25, 0.3) is 0 Å². The molecule has 2 amide bonds. The molecule has 0 radical (unpaired) electrons. The molecule has 126 valence electrons. The fourth-order valence-corrected chi connectivity index (χ4v) is 2.04. The van der Waals surface area contributed by atoms with E-state index in [0.717, 1.165) is 12.1 Å². The molecular weight excluding hydrogens is 321 g/mol. The van der Waals surface area contributed by atoms with E-state index in [4.69, 9.17) is 0 Å². The van der Waals surface area contributed by atoms with Gasteiger partial charge in [0.25, 0.3) is 5.91 Å². The average Bonchev–Trinajstić information content (AvgIpc) is 2.52. The Morgan fingerprint density at radius 2 is 1.71 bits per heavy atom. The number of carbonyl (C=O) groups is 2. The molecule has 24 heavy (non-hydrogen) atoms. The maximum Gasteiger partial charge on any atom is 0.416 e. The lowest BCUT2D eigenvalue weighted by molar-refractivity contribution is -0.137. The fraction of sp³-hybridized carbons (Fsp3) is 0.176. The number of hydrogen-bond acceptors (Lipinski definition) is 2. The van der Waals surface area contributed by atoms with Gasteiger partial charge in [-0.05, 0) is 35.9 Å². The van der Waals surface area contributed by atoms with E-state index < -0.39 is 11.7 Å². The summed E-state index contributed by atoms with van der Waals surface area (Å²) in [6.45, 7) is 1.46. The molecule has 0 fully saturated rings. The summed E-state index contributed by atoms with van der Waals surface area (Å²) in [5.74, 6) is -0.639. The zero-order valence-electron chi connectivity index (χ0n) is 12.8. The summed E-state index contributed by atoms with van der Waals surface area (Å²) in [5, 5.41) is 5.19. The zero-order valence-corrected chi connectivity index (χ0v) is 12.8. The quantitative estimate of drug-likeness (QED) is 0.896. The van der Waals surface area contributed by atoms with E-state index in [9.17, 15) is 22.8 Å². The minimum atomic E-state index is -4.38. The Morgan fingerprint density at radius 3 is 2.29 bits per heavy atom. The molecule has 4 nitrogen and oxygen atoms in total. The molecule has 0 saturated heterocycles. The van der Waals surface area contributed by atoms with Gasteiger partial charge in [-0.15, -0.1) is 0 Å². The highest BCUT2D eigenvalue weighted by atomic mass is 19.4.